The fourth-order valence-electron chi connectivity index (χ4n) is 1.84. The summed E-state index contributed by atoms with van der Waals surface area (Å²) in [5.74, 6) is 0.347. The molecule has 1 heterocycles. The molecule has 1 unspecified atom stereocenters. The van der Waals surface area contributed by atoms with E-state index in [0.29, 0.717) is 11.8 Å². The Bertz CT molecular complexity index is 267. The van der Waals surface area contributed by atoms with Crippen LogP contribution in [0.3, 0.4) is 0 Å². The van der Waals surface area contributed by atoms with Gasteiger partial charge in [0.15, 0.2) is 0 Å². The van der Waals surface area contributed by atoms with Crippen LogP contribution in [0.4, 0.5) is 0 Å². The lowest BCUT2D eigenvalue weighted by Gasteiger charge is -2.23. The molecule has 2 rings (SSSR count). The first-order chi connectivity index (χ1) is 6.36. The second-order valence-electron chi connectivity index (χ2n) is 3.59. The number of halogens is 1. The molecule has 1 aliphatic rings. The average Bonchev–Trinajstić information content (AvgIpc) is 2.20. The third kappa shape index (κ3) is 2.63. The molecule has 14 heavy (non-hydrogen) atoms. The van der Waals surface area contributed by atoms with Crippen LogP contribution in [0.25, 0.3) is 0 Å². The van der Waals surface area contributed by atoms with Gasteiger partial charge in [0.05, 0.1) is 0 Å². The summed E-state index contributed by atoms with van der Waals surface area (Å²) in [6.07, 6.45) is 3.80. The highest BCUT2D eigenvalue weighted by molar-refractivity contribution is 5.85. The Morgan fingerprint density at radius 2 is 1.86 bits per heavy atom. The Kier molecular flexibility index (Phi) is 4.23. The standard InChI is InChI=1S/C11H15NO.ClH/c13-10-6-4-9(5-7-10)11-3-1-2-8-12-11;/h4-7,11-13H,1-3,8H2;1H. The van der Waals surface area contributed by atoms with Gasteiger partial charge < -0.3 is 10.4 Å². The van der Waals surface area contributed by atoms with E-state index in [-0.39, 0.29) is 12.4 Å². The summed E-state index contributed by atoms with van der Waals surface area (Å²) >= 11 is 0. The van der Waals surface area contributed by atoms with Gasteiger partial charge in [0.25, 0.3) is 0 Å². The molecule has 2 nitrogen and oxygen atoms in total. The van der Waals surface area contributed by atoms with Crippen LogP contribution in [0.5, 0.6) is 5.75 Å². The second kappa shape index (κ2) is 5.23. The molecule has 1 fully saturated rings. The van der Waals surface area contributed by atoms with Gasteiger partial charge in [0.2, 0.25) is 0 Å². The largest absolute Gasteiger partial charge is 0.508 e. The molecule has 2 N–H and O–H groups in total. The molecule has 1 aromatic carbocycles. The molecule has 0 bridgehead atoms. The maximum atomic E-state index is 9.13. The Balaban J connectivity index is 0.000000980. The molecular formula is C11H16ClNO. The average molecular weight is 214 g/mol. The smallest absolute Gasteiger partial charge is 0.115 e. The minimum atomic E-state index is 0. The topological polar surface area (TPSA) is 32.3 Å². The molecule has 0 spiro atoms. The number of benzene rings is 1. The maximum absolute atomic E-state index is 9.13. The summed E-state index contributed by atoms with van der Waals surface area (Å²) in [6, 6.07) is 8.00. The number of hydrogen-bond donors (Lipinski definition) is 2. The number of rotatable bonds is 1. The van der Waals surface area contributed by atoms with Crippen LogP contribution in [0.1, 0.15) is 30.9 Å². The summed E-state index contributed by atoms with van der Waals surface area (Å²) in [5.41, 5.74) is 1.29. The molecule has 1 saturated heterocycles. The van der Waals surface area contributed by atoms with E-state index in [9.17, 15) is 0 Å². The van der Waals surface area contributed by atoms with Crippen molar-refractivity contribution >= 4 is 12.4 Å². The van der Waals surface area contributed by atoms with Gasteiger partial charge in [-0.25, -0.2) is 0 Å². The highest BCUT2D eigenvalue weighted by Crippen LogP contribution is 2.23. The lowest BCUT2D eigenvalue weighted by Crippen LogP contribution is -2.26. The molecular weight excluding hydrogens is 198 g/mol. The predicted octanol–water partition coefficient (Wildman–Crippen LogP) is 2.63. The van der Waals surface area contributed by atoms with Crippen LogP contribution in [0, 0.1) is 0 Å². The van der Waals surface area contributed by atoms with Gasteiger partial charge in [-0.15, -0.1) is 12.4 Å². The van der Waals surface area contributed by atoms with E-state index in [1.807, 2.05) is 12.1 Å². The summed E-state index contributed by atoms with van der Waals surface area (Å²) in [7, 11) is 0. The van der Waals surface area contributed by atoms with Crippen molar-refractivity contribution in [2.45, 2.75) is 25.3 Å². The third-order valence-electron chi connectivity index (χ3n) is 2.61. The van der Waals surface area contributed by atoms with Crippen molar-refractivity contribution in [3.63, 3.8) is 0 Å². The molecule has 0 aliphatic carbocycles. The first-order valence-corrected chi connectivity index (χ1v) is 4.88. The first kappa shape index (κ1) is 11.3. The van der Waals surface area contributed by atoms with Crippen molar-refractivity contribution in [2.75, 3.05) is 6.54 Å². The van der Waals surface area contributed by atoms with Gasteiger partial charge in [-0.1, -0.05) is 18.6 Å². The first-order valence-electron chi connectivity index (χ1n) is 4.88. The molecule has 0 saturated carbocycles. The summed E-state index contributed by atoms with van der Waals surface area (Å²) in [4.78, 5) is 0. The molecule has 1 aliphatic heterocycles. The van der Waals surface area contributed by atoms with Crippen LogP contribution >= 0.6 is 12.4 Å². The molecule has 1 atom stereocenters. The van der Waals surface area contributed by atoms with Crippen molar-refractivity contribution in [2.24, 2.45) is 0 Å². The van der Waals surface area contributed by atoms with E-state index >= 15 is 0 Å². The van der Waals surface area contributed by atoms with Gasteiger partial charge in [-0.2, -0.15) is 0 Å². The molecule has 78 valence electrons. The van der Waals surface area contributed by atoms with Crippen molar-refractivity contribution in [1.82, 2.24) is 5.32 Å². The fourth-order valence-corrected chi connectivity index (χ4v) is 1.84. The molecule has 0 amide bonds. The zero-order chi connectivity index (χ0) is 9.10. The third-order valence-corrected chi connectivity index (χ3v) is 2.61. The molecule has 3 heteroatoms. The fraction of sp³-hybridized carbons (Fsp3) is 0.455. The monoisotopic (exact) mass is 213 g/mol. The Labute approximate surface area is 90.7 Å². The van der Waals surface area contributed by atoms with Crippen molar-refractivity contribution < 1.29 is 5.11 Å². The number of phenolic OH excluding ortho intramolecular Hbond substituents is 1. The highest BCUT2D eigenvalue weighted by Gasteiger charge is 2.13. The number of aromatic hydroxyl groups is 1. The van der Waals surface area contributed by atoms with Gasteiger partial charge in [0, 0.05) is 6.04 Å². The number of piperidine rings is 1. The van der Waals surface area contributed by atoms with Gasteiger partial charge in [-0.05, 0) is 37.1 Å². The van der Waals surface area contributed by atoms with Crippen molar-refractivity contribution in [3.8, 4) is 5.75 Å². The van der Waals surface area contributed by atoms with Crippen molar-refractivity contribution in [3.05, 3.63) is 29.8 Å². The van der Waals surface area contributed by atoms with Gasteiger partial charge in [-0.3, -0.25) is 0 Å². The van der Waals surface area contributed by atoms with Gasteiger partial charge in [0.1, 0.15) is 5.75 Å². The van der Waals surface area contributed by atoms with E-state index in [1.165, 1.54) is 24.8 Å². The zero-order valence-corrected chi connectivity index (χ0v) is 8.89. The van der Waals surface area contributed by atoms with E-state index in [2.05, 4.69) is 5.32 Å². The van der Waals surface area contributed by atoms with Crippen molar-refractivity contribution in [1.29, 1.82) is 0 Å². The molecule has 0 aromatic heterocycles. The minimum Gasteiger partial charge on any atom is -0.508 e. The van der Waals surface area contributed by atoms with E-state index in [0.717, 1.165) is 6.54 Å². The molecule has 0 radical (unpaired) electrons. The summed E-state index contributed by atoms with van der Waals surface area (Å²) in [6.45, 7) is 1.12. The quantitative estimate of drug-likeness (QED) is 0.752. The second-order valence-corrected chi connectivity index (χ2v) is 3.59. The predicted molar refractivity (Wildman–Crippen MR) is 59.9 cm³/mol. The maximum Gasteiger partial charge on any atom is 0.115 e. The van der Waals surface area contributed by atoms with Crippen LogP contribution in [0.2, 0.25) is 0 Å². The summed E-state index contributed by atoms with van der Waals surface area (Å²) in [5, 5.41) is 12.6. The van der Waals surface area contributed by atoms with E-state index in [1.54, 1.807) is 12.1 Å². The Morgan fingerprint density at radius 3 is 2.43 bits per heavy atom. The highest BCUT2D eigenvalue weighted by atomic mass is 35.5. The number of nitrogens with one attached hydrogen (secondary N) is 1. The van der Waals surface area contributed by atoms with E-state index < -0.39 is 0 Å². The molecule has 1 aromatic rings. The van der Waals surface area contributed by atoms with Gasteiger partial charge >= 0.3 is 0 Å². The van der Waals surface area contributed by atoms with Crippen LogP contribution in [-0.4, -0.2) is 11.7 Å². The van der Waals surface area contributed by atoms with E-state index in [4.69, 9.17) is 5.11 Å². The minimum absolute atomic E-state index is 0. The van der Waals surface area contributed by atoms with Crippen LogP contribution < -0.4 is 5.32 Å². The SMILES string of the molecule is Cl.Oc1ccc(C2CCCCN2)cc1. The lowest BCUT2D eigenvalue weighted by atomic mass is 9.98. The van der Waals surface area contributed by atoms with Crippen LogP contribution in [0.15, 0.2) is 24.3 Å². The number of phenols is 1. The Morgan fingerprint density at radius 1 is 1.14 bits per heavy atom. The Hall–Kier alpha value is -0.730. The zero-order valence-electron chi connectivity index (χ0n) is 8.07. The summed E-state index contributed by atoms with van der Waals surface area (Å²) < 4.78 is 0. The lowest BCUT2D eigenvalue weighted by molar-refractivity contribution is 0.411. The number of hydrogen-bond acceptors (Lipinski definition) is 2. The van der Waals surface area contributed by atoms with Crippen LogP contribution in [-0.2, 0) is 0 Å². The normalized spacial score (nSPS) is 21.3.